The summed E-state index contributed by atoms with van der Waals surface area (Å²) in [6.07, 6.45) is 4.58. The third kappa shape index (κ3) is 4.66. The number of hydrogen-bond acceptors (Lipinski definition) is 5. The molecule has 1 saturated carbocycles. The van der Waals surface area contributed by atoms with Gasteiger partial charge in [0.2, 0.25) is 5.91 Å². The zero-order valence-corrected chi connectivity index (χ0v) is 15.6. The van der Waals surface area contributed by atoms with Gasteiger partial charge in [0.05, 0.1) is 18.6 Å². The van der Waals surface area contributed by atoms with Crippen molar-refractivity contribution in [3.8, 4) is 5.75 Å². The van der Waals surface area contributed by atoms with Crippen molar-refractivity contribution in [3.05, 3.63) is 54.0 Å². The van der Waals surface area contributed by atoms with Gasteiger partial charge in [-0.15, -0.1) is 0 Å². The van der Waals surface area contributed by atoms with Crippen LogP contribution in [0, 0.1) is 5.92 Å². The number of rotatable bonds is 8. The van der Waals surface area contributed by atoms with E-state index < -0.39 is 10.1 Å². The maximum absolute atomic E-state index is 12.7. The minimum absolute atomic E-state index is 0.0818. The Morgan fingerprint density at radius 2 is 1.92 bits per heavy atom. The number of hydrogen-bond donors (Lipinski definition) is 0. The Hall–Kier alpha value is -2.28. The van der Waals surface area contributed by atoms with E-state index in [2.05, 4.69) is 0 Å². The van der Waals surface area contributed by atoms with Crippen LogP contribution in [0.2, 0.25) is 0 Å². The molecule has 0 bridgehead atoms. The first kappa shape index (κ1) is 18.5. The highest BCUT2D eigenvalue weighted by Gasteiger charge is 2.30. The summed E-state index contributed by atoms with van der Waals surface area (Å²) >= 11 is 0. The largest absolute Gasteiger partial charge is 0.467 e. The van der Waals surface area contributed by atoms with E-state index in [0.29, 0.717) is 13.1 Å². The van der Waals surface area contributed by atoms with E-state index >= 15 is 0 Å². The van der Waals surface area contributed by atoms with Crippen LogP contribution in [0.3, 0.4) is 0 Å². The SMILES string of the molecule is CCS(=O)(=O)Oc1ccc(CN(Cc2ccco2)C(=O)C2CCC2)cc1. The van der Waals surface area contributed by atoms with Gasteiger partial charge in [-0.2, -0.15) is 8.42 Å². The number of nitrogens with zero attached hydrogens (tertiary/aromatic N) is 1. The van der Waals surface area contributed by atoms with E-state index in [1.165, 1.54) is 6.92 Å². The van der Waals surface area contributed by atoms with Gasteiger partial charge in [-0.3, -0.25) is 4.79 Å². The summed E-state index contributed by atoms with van der Waals surface area (Å²) in [4.78, 5) is 14.5. The molecule has 0 saturated heterocycles. The highest BCUT2D eigenvalue weighted by molar-refractivity contribution is 7.87. The monoisotopic (exact) mass is 377 g/mol. The van der Waals surface area contributed by atoms with Crippen molar-refractivity contribution < 1.29 is 21.8 Å². The molecular formula is C19H23NO5S. The highest BCUT2D eigenvalue weighted by atomic mass is 32.2. The molecule has 6 nitrogen and oxygen atoms in total. The molecule has 1 amide bonds. The standard InChI is InChI=1S/C19H23NO5S/c1-2-26(22,23)25-17-10-8-15(9-11-17)13-20(14-18-7-4-12-24-18)19(21)16-5-3-6-16/h4,7-12,16H,2-3,5-6,13-14H2,1H3. The van der Waals surface area contributed by atoms with Gasteiger partial charge in [0.25, 0.3) is 0 Å². The van der Waals surface area contributed by atoms with Crippen molar-refractivity contribution in [2.45, 2.75) is 39.3 Å². The third-order valence-electron chi connectivity index (χ3n) is 4.57. The normalized spacial score (nSPS) is 14.7. The summed E-state index contributed by atoms with van der Waals surface area (Å²) in [5.41, 5.74) is 0.908. The fourth-order valence-corrected chi connectivity index (χ4v) is 3.31. The summed E-state index contributed by atoms with van der Waals surface area (Å²) in [7, 11) is -3.54. The Bertz CT molecular complexity index is 823. The molecular weight excluding hydrogens is 354 g/mol. The summed E-state index contributed by atoms with van der Waals surface area (Å²) in [5, 5.41) is 0. The smallest absolute Gasteiger partial charge is 0.308 e. The Balaban J connectivity index is 1.70. The van der Waals surface area contributed by atoms with Crippen LogP contribution >= 0.6 is 0 Å². The molecule has 1 aliphatic rings. The Morgan fingerprint density at radius 1 is 1.19 bits per heavy atom. The van der Waals surface area contributed by atoms with Crippen LogP contribution < -0.4 is 4.18 Å². The average Bonchev–Trinajstić information content (AvgIpc) is 3.07. The lowest BCUT2D eigenvalue weighted by molar-refractivity contribution is -0.139. The lowest BCUT2D eigenvalue weighted by atomic mass is 9.84. The van der Waals surface area contributed by atoms with Gasteiger partial charge in [-0.1, -0.05) is 18.6 Å². The average molecular weight is 377 g/mol. The molecule has 1 heterocycles. The predicted molar refractivity (Wildman–Crippen MR) is 96.8 cm³/mol. The van der Waals surface area contributed by atoms with E-state index in [1.54, 1.807) is 35.4 Å². The lowest BCUT2D eigenvalue weighted by Gasteiger charge is -2.31. The fourth-order valence-electron chi connectivity index (χ4n) is 2.79. The minimum Gasteiger partial charge on any atom is -0.467 e. The quantitative estimate of drug-likeness (QED) is 0.660. The topological polar surface area (TPSA) is 76.8 Å². The molecule has 26 heavy (non-hydrogen) atoms. The van der Waals surface area contributed by atoms with E-state index in [4.69, 9.17) is 8.60 Å². The van der Waals surface area contributed by atoms with E-state index in [9.17, 15) is 13.2 Å². The number of furan rings is 1. The van der Waals surface area contributed by atoms with Crippen molar-refractivity contribution in [2.75, 3.05) is 5.75 Å². The molecule has 7 heteroatoms. The Labute approximate surface area is 153 Å². The molecule has 0 N–H and O–H groups in total. The second kappa shape index (κ2) is 7.95. The molecule has 1 aliphatic carbocycles. The van der Waals surface area contributed by atoms with Crippen LogP contribution in [0.25, 0.3) is 0 Å². The summed E-state index contributed by atoms with van der Waals surface area (Å²) in [6.45, 7) is 2.39. The molecule has 0 radical (unpaired) electrons. The maximum Gasteiger partial charge on any atom is 0.308 e. The van der Waals surface area contributed by atoms with Crippen LogP contribution in [0.4, 0.5) is 0 Å². The third-order valence-corrected chi connectivity index (χ3v) is 5.72. The van der Waals surface area contributed by atoms with E-state index in [1.807, 2.05) is 12.1 Å². The number of carbonyl (C=O) groups is 1. The second-order valence-electron chi connectivity index (χ2n) is 6.48. The van der Waals surface area contributed by atoms with Gasteiger partial charge < -0.3 is 13.5 Å². The van der Waals surface area contributed by atoms with E-state index in [0.717, 1.165) is 30.6 Å². The first-order chi connectivity index (χ1) is 12.5. The predicted octanol–water partition coefficient (Wildman–Crippen LogP) is 3.34. The summed E-state index contributed by atoms with van der Waals surface area (Å²) in [5.74, 6) is 1.18. The molecule has 0 unspecified atom stereocenters. The fraction of sp³-hybridized carbons (Fsp3) is 0.421. The van der Waals surface area contributed by atoms with Crippen LogP contribution in [0.1, 0.15) is 37.5 Å². The molecule has 0 aliphatic heterocycles. The molecule has 1 fully saturated rings. The Kier molecular flexibility index (Phi) is 5.66. The van der Waals surface area contributed by atoms with Gasteiger partial charge in [-0.25, -0.2) is 0 Å². The number of amides is 1. The van der Waals surface area contributed by atoms with Crippen molar-refractivity contribution in [1.82, 2.24) is 4.90 Å². The maximum atomic E-state index is 12.7. The van der Waals surface area contributed by atoms with Gasteiger partial charge >= 0.3 is 10.1 Å². The highest BCUT2D eigenvalue weighted by Crippen LogP contribution is 2.29. The molecule has 3 rings (SSSR count). The van der Waals surface area contributed by atoms with Gasteiger partial charge in [-0.05, 0) is 49.6 Å². The first-order valence-corrected chi connectivity index (χ1v) is 10.4. The molecule has 2 aromatic rings. The Morgan fingerprint density at radius 3 is 2.46 bits per heavy atom. The molecule has 1 aromatic carbocycles. The number of benzene rings is 1. The van der Waals surface area contributed by atoms with Crippen molar-refractivity contribution in [1.29, 1.82) is 0 Å². The van der Waals surface area contributed by atoms with Crippen molar-refractivity contribution in [3.63, 3.8) is 0 Å². The lowest BCUT2D eigenvalue weighted by Crippen LogP contribution is -2.38. The first-order valence-electron chi connectivity index (χ1n) is 8.79. The second-order valence-corrected chi connectivity index (χ2v) is 8.33. The van der Waals surface area contributed by atoms with Crippen molar-refractivity contribution >= 4 is 16.0 Å². The molecule has 0 atom stereocenters. The van der Waals surface area contributed by atoms with Crippen molar-refractivity contribution in [2.24, 2.45) is 5.92 Å². The van der Waals surface area contributed by atoms with Crippen LogP contribution in [-0.2, 0) is 28.0 Å². The number of carbonyl (C=O) groups excluding carboxylic acids is 1. The minimum atomic E-state index is -3.54. The van der Waals surface area contributed by atoms with Gasteiger partial charge in [0, 0.05) is 12.5 Å². The van der Waals surface area contributed by atoms with Gasteiger partial charge in [0.15, 0.2) is 0 Å². The summed E-state index contributed by atoms with van der Waals surface area (Å²) < 4.78 is 33.4. The van der Waals surface area contributed by atoms with Crippen LogP contribution in [0.5, 0.6) is 5.75 Å². The molecule has 0 spiro atoms. The zero-order chi connectivity index (χ0) is 18.6. The van der Waals surface area contributed by atoms with Crippen LogP contribution in [0.15, 0.2) is 47.1 Å². The molecule has 1 aromatic heterocycles. The van der Waals surface area contributed by atoms with Gasteiger partial charge in [0.1, 0.15) is 11.5 Å². The molecule has 140 valence electrons. The van der Waals surface area contributed by atoms with Crippen LogP contribution in [-0.4, -0.2) is 25.0 Å². The van der Waals surface area contributed by atoms with E-state index in [-0.39, 0.29) is 23.3 Å². The summed E-state index contributed by atoms with van der Waals surface area (Å²) in [6, 6.07) is 10.4. The zero-order valence-electron chi connectivity index (χ0n) is 14.8.